The van der Waals surface area contributed by atoms with Gasteiger partial charge >= 0.3 is 5.97 Å². The van der Waals surface area contributed by atoms with E-state index in [2.05, 4.69) is 16.7 Å². The van der Waals surface area contributed by atoms with Crippen LogP contribution >= 0.6 is 0 Å². The van der Waals surface area contributed by atoms with Crippen LogP contribution in [0, 0.1) is 0 Å². The molecule has 0 fully saturated rings. The smallest absolute Gasteiger partial charge is 0.303 e. The Morgan fingerprint density at radius 1 is 1.44 bits per heavy atom. The Bertz CT molecular complexity index is 560. The molecular formula is C14H18N2O2. The first-order valence-corrected chi connectivity index (χ1v) is 6.11. The Morgan fingerprint density at radius 3 is 2.89 bits per heavy atom. The third-order valence-electron chi connectivity index (χ3n) is 3.23. The fourth-order valence-electron chi connectivity index (χ4n) is 2.30. The minimum atomic E-state index is -0.764. The Balaban J connectivity index is 2.17. The van der Waals surface area contributed by atoms with Crippen molar-refractivity contribution in [3.63, 3.8) is 0 Å². The molecule has 0 amide bonds. The molecule has 0 saturated carbocycles. The molecule has 96 valence electrons. The highest BCUT2D eigenvalue weighted by Crippen LogP contribution is 2.27. The van der Waals surface area contributed by atoms with Crippen LogP contribution in [0.1, 0.15) is 30.9 Å². The van der Waals surface area contributed by atoms with E-state index >= 15 is 0 Å². The molecule has 1 heterocycles. The maximum absolute atomic E-state index is 10.5. The van der Waals surface area contributed by atoms with E-state index < -0.39 is 5.97 Å². The lowest BCUT2D eigenvalue weighted by molar-refractivity contribution is -0.137. The lowest BCUT2D eigenvalue weighted by Crippen LogP contribution is -2.10. The molecule has 2 aromatic rings. The summed E-state index contributed by atoms with van der Waals surface area (Å²) in [6.45, 7) is 0. The Hall–Kier alpha value is -1.81. The summed E-state index contributed by atoms with van der Waals surface area (Å²) in [5, 5.41) is 9.78. The molecule has 4 heteroatoms. The molecule has 1 unspecified atom stereocenters. The van der Waals surface area contributed by atoms with Gasteiger partial charge in [-0.3, -0.25) is 4.79 Å². The van der Waals surface area contributed by atoms with Gasteiger partial charge in [-0.25, -0.2) is 0 Å². The van der Waals surface area contributed by atoms with E-state index in [0.717, 1.165) is 16.5 Å². The Morgan fingerprint density at radius 2 is 2.17 bits per heavy atom. The van der Waals surface area contributed by atoms with Crippen LogP contribution in [-0.2, 0) is 11.8 Å². The van der Waals surface area contributed by atoms with Crippen molar-refractivity contribution in [1.82, 2.24) is 4.57 Å². The number of aryl methyl sites for hydroxylation is 1. The molecule has 2 rings (SSSR count). The van der Waals surface area contributed by atoms with E-state index in [1.54, 1.807) is 0 Å². The highest BCUT2D eigenvalue weighted by Gasteiger charge is 2.13. The van der Waals surface area contributed by atoms with Gasteiger partial charge in [-0.1, -0.05) is 18.2 Å². The second kappa shape index (κ2) is 5.23. The average molecular weight is 246 g/mol. The van der Waals surface area contributed by atoms with Crippen molar-refractivity contribution in [2.24, 2.45) is 12.8 Å². The third-order valence-corrected chi connectivity index (χ3v) is 3.23. The molecule has 0 aliphatic carbocycles. The summed E-state index contributed by atoms with van der Waals surface area (Å²) < 4.78 is 2.06. The molecule has 0 spiro atoms. The van der Waals surface area contributed by atoms with Gasteiger partial charge in [0.25, 0.3) is 0 Å². The minimum absolute atomic E-state index is 0.101. The second-order valence-corrected chi connectivity index (χ2v) is 4.60. The number of benzene rings is 1. The van der Waals surface area contributed by atoms with Gasteiger partial charge in [0, 0.05) is 36.6 Å². The van der Waals surface area contributed by atoms with Crippen molar-refractivity contribution in [3.05, 3.63) is 36.0 Å². The monoisotopic (exact) mass is 246 g/mol. The van der Waals surface area contributed by atoms with Crippen LogP contribution in [0.5, 0.6) is 0 Å². The van der Waals surface area contributed by atoms with Crippen molar-refractivity contribution in [1.29, 1.82) is 0 Å². The van der Waals surface area contributed by atoms with Gasteiger partial charge in [0.2, 0.25) is 0 Å². The van der Waals surface area contributed by atoms with E-state index in [9.17, 15) is 4.79 Å². The molecule has 0 saturated heterocycles. The first-order chi connectivity index (χ1) is 8.59. The van der Waals surface area contributed by atoms with Gasteiger partial charge in [-0.15, -0.1) is 0 Å². The molecule has 0 radical (unpaired) electrons. The molecule has 0 bridgehead atoms. The summed E-state index contributed by atoms with van der Waals surface area (Å²) in [6, 6.07) is 8.01. The number of hydrogen-bond acceptors (Lipinski definition) is 2. The van der Waals surface area contributed by atoms with E-state index in [0.29, 0.717) is 12.8 Å². The van der Waals surface area contributed by atoms with Crippen LogP contribution in [-0.4, -0.2) is 15.6 Å². The van der Waals surface area contributed by atoms with Gasteiger partial charge in [-0.05, 0) is 24.5 Å². The largest absolute Gasteiger partial charge is 0.481 e. The average Bonchev–Trinajstić information content (AvgIpc) is 2.67. The van der Waals surface area contributed by atoms with Crippen LogP contribution in [0.25, 0.3) is 10.9 Å². The summed E-state index contributed by atoms with van der Waals surface area (Å²) in [7, 11) is 2.00. The lowest BCUT2D eigenvalue weighted by atomic mass is 10.0. The Labute approximate surface area is 106 Å². The zero-order chi connectivity index (χ0) is 13.1. The van der Waals surface area contributed by atoms with Gasteiger partial charge < -0.3 is 15.4 Å². The first-order valence-electron chi connectivity index (χ1n) is 6.11. The second-order valence-electron chi connectivity index (χ2n) is 4.60. The molecule has 1 aromatic carbocycles. The fourth-order valence-corrected chi connectivity index (χ4v) is 2.30. The molecule has 18 heavy (non-hydrogen) atoms. The number of rotatable bonds is 5. The normalized spacial score (nSPS) is 12.8. The number of carbonyl (C=O) groups is 1. The molecule has 0 aliphatic heterocycles. The van der Waals surface area contributed by atoms with Crippen LogP contribution in [0.2, 0.25) is 0 Å². The maximum atomic E-state index is 10.5. The minimum Gasteiger partial charge on any atom is -0.481 e. The molecule has 1 atom stereocenters. The van der Waals surface area contributed by atoms with Crippen LogP contribution in [0.15, 0.2) is 30.5 Å². The molecule has 0 aliphatic rings. The number of para-hydroxylation sites is 1. The summed E-state index contributed by atoms with van der Waals surface area (Å²) in [5.74, 6) is -0.764. The van der Waals surface area contributed by atoms with Gasteiger partial charge in [-0.2, -0.15) is 0 Å². The van der Waals surface area contributed by atoms with E-state index in [-0.39, 0.29) is 12.5 Å². The van der Waals surface area contributed by atoms with Crippen LogP contribution in [0.3, 0.4) is 0 Å². The van der Waals surface area contributed by atoms with E-state index in [1.165, 1.54) is 0 Å². The Kier molecular flexibility index (Phi) is 3.67. The SMILES string of the molecule is Cn1cc(C(N)CCCC(=O)O)c2ccccc21. The van der Waals surface area contributed by atoms with Crippen molar-refractivity contribution >= 4 is 16.9 Å². The highest BCUT2D eigenvalue weighted by atomic mass is 16.4. The number of carboxylic acid groups (broad SMARTS) is 1. The number of fused-ring (bicyclic) bond motifs is 1. The van der Waals surface area contributed by atoms with E-state index in [1.807, 2.05) is 25.4 Å². The third kappa shape index (κ3) is 2.54. The van der Waals surface area contributed by atoms with Crippen molar-refractivity contribution < 1.29 is 9.90 Å². The highest BCUT2D eigenvalue weighted by molar-refractivity contribution is 5.84. The van der Waals surface area contributed by atoms with Crippen molar-refractivity contribution in [2.45, 2.75) is 25.3 Å². The number of nitrogens with two attached hydrogens (primary N) is 1. The number of aromatic nitrogens is 1. The lowest BCUT2D eigenvalue weighted by Gasteiger charge is -2.09. The van der Waals surface area contributed by atoms with Crippen molar-refractivity contribution in [2.75, 3.05) is 0 Å². The first kappa shape index (κ1) is 12.6. The number of nitrogens with zero attached hydrogens (tertiary/aromatic N) is 1. The molecule has 4 nitrogen and oxygen atoms in total. The summed E-state index contributed by atoms with van der Waals surface area (Å²) in [5.41, 5.74) is 8.40. The maximum Gasteiger partial charge on any atom is 0.303 e. The zero-order valence-electron chi connectivity index (χ0n) is 10.5. The summed E-state index contributed by atoms with van der Waals surface area (Å²) in [6.07, 6.45) is 3.52. The molecule has 3 N–H and O–H groups in total. The predicted molar refractivity (Wildman–Crippen MR) is 71.3 cm³/mol. The van der Waals surface area contributed by atoms with E-state index in [4.69, 9.17) is 10.8 Å². The van der Waals surface area contributed by atoms with Crippen LogP contribution in [0.4, 0.5) is 0 Å². The number of carboxylic acids is 1. The van der Waals surface area contributed by atoms with Crippen molar-refractivity contribution in [3.8, 4) is 0 Å². The fraction of sp³-hybridized carbons (Fsp3) is 0.357. The van der Waals surface area contributed by atoms with Gasteiger partial charge in [0.1, 0.15) is 0 Å². The topological polar surface area (TPSA) is 68.2 Å². The van der Waals surface area contributed by atoms with Gasteiger partial charge in [0.15, 0.2) is 0 Å². The number of aliphatic carboxylic acids is 1. The predicted octanol–water partition coefficient (Wildman–Crippen LogP) is 2.43. The molecular weight excluding hydrogens is 228 g/mol. The van der Waals surface area contributed by atoms with Gasteiger partial charge in [0.05, 0.1) is 0 Å². The van der Waals surface area contributed by atoms with Crippen LogP contribution < -0.4 is 5.73 Å². The quantitative estimate of drug-likeness (QED) is 0.851. The zero-order valence-corrected chi connectivity index (χ0v) is 10.5. The summed E-state index contributed by atoms with van der Waals surface area (Å²) in [4.78, 5) is 10.5. The summed E-state index contributed by atoms with van der Waals surface area (Å²) >= 11 is 0. The standard InChI is InChI=1S/C14H18N2O2/c1-16-9-11(10-5-2-3-7-13(10)16)12(15)6-4-8-14(17)18/h2-3,5,7,9,12H,4,6,8,15H2,1H3,(H,17,18). The number of hydrogen-bond donors (Lipinski definition) is 2. The molecule has 1 aromatic heterocycles.